The Bertz CT molecular complexity index is 447. The highest BCUT2D eigenvalue weighted by molar-refractivity contribution is 14.1. The van der Waals surface area contributed by atoms with Gasteiger partial charge in [0.05, 0.1) is 6.61 Å². The van der Waals surface area contributed by atoms with Crippen molar-refractivity contribution in [3.8, 4) is 0 Å². The molecule has 2 atom stereocenters. The van der Waals surface area contributed by atoms with Gasteiger partial charge in [0.15, 0.2) is 0 Å². The third-order valence-corrected chi connectivity index (χ3v) is 5.57. The second kappa shape index (κ2) is 10.00. The Hall–Kier alpha value is -0.130. The van der Waals surface area contributed by atoms with Gasteiger partial charge >= 0.3 is 0 Å². The highest BCUT2D eigenvalue weighted by Crippen LogP contribution is 2.40. The normalized spacial score (nSPS) is 24.2. The van der Waals surface area contributed by atoms with Crippen molar-refractivity contribution < 1.29 is 3.07 Å². The number of hydrogen-bond acceptors (Lipinski definition) is 2. The van der Waals surface area contributed by atoms with Crippen LogP contribution in [0, 0.1) is 0 Å². The van der Waals surface area contributed by atoms with Crippen molar-refractivity contribution in [2.24, 2.45) is 5.73 Å². The Labute approximate surface area is 156 Å². The Morgan fingerprint density at radius 1 is 1.13 bits per heavy atom. The molecule has 0 radical (unpaired) electrons. The largest absolute Gasteiger partial charge is 0.323 e. The van der Waals surface area contributed by atoms with Crippen molar-refractivity contribution in [2.75, 3.05) is 6.61 Å². The predicted molar refractivity (Wildman–Crippen MR) is 107 cm³/mol. The van der Waals surface area contributed by atoms with Crippen LogP contribution in [0.3, 0.4) is 0 Å². The van der Waals surface area contributed by atoms with Gasteiger partial charge in [-0.25, -0.2) is 0 Å². The van der Waals surface area contributed by atoms with E-state index in [4.69, 9.17) is 8.80 Å². The summed E-state index contributed by atoms with van der Waals surface area (Å²) < 4.78 is 5.26. The minimum absolute atomic E-state index is 0.122. The molecule has 23 heavy (non-hydrogen) atoms. The zero-order valence-corrected chi connectivity index (χ0v) is 16.7. The molecule has 3 heteroatoms. The maximum absolute atomic E-state index is 6.41. The van der Waals surface area contributed by atoms with E-state index in [1.54, 1.807) is 0 Å². The molecule has 1 aromatic carbocycles. The van der Waals surface area contributed by atoms with E-state index in [0.29, 0.717) is 12.5 Å². The third-order valence-electron chi connectivity index (χ3n) is 5.26. The Morgan fingerprint density at radius 3 is 2.52 bits per heavy atom. The molecule has 0 unspecified atom stereocenters. The van der Waals surface area contributed by atoms with E-state index in [1.165, 1.54) is 62.5 Å². The van der Waals surface area contributed by atoms with Crippen LogP contribution in [-0.4, -0.2) is 12.1 Å². The smallest absolute Gasteiger partial charge is 0.109 e. The highest BCUT2D eigenvalue weighted by Gasteiger charge is 2.36. The van der Waals surface area contributed by atoms with Crippen LogP contribution in [0.15, 0.2) is 24.3 Å². The molecule has 2 nitrogen and oxygen atoms in total. The number of halogens is 1. The maximum atomic E-state index is 6.41. The first kappa shape index (κ1) is 19.2. The molecule has 0 spiro atoms. The Balaban J connectivity index is 1.74. The van der Waals surface area contributed by atoms with Gasteiger partial charge in [0.2, 0.25) is 0 Å². The van der Waals surface area contributed by atoms with Crippen LogP contribution in [0.25, 0.3) is 0 Å². The summed E-state index contributed by atoms with van der Waals surface area (Å²) in [5.41, 5.74) is 9.23. The van der Waals surface area contributed by atoms with Gasteiger partial charge in [-0.15, -0.1) is 0 Å². The summed E-state index contributed by atoms with van der Waals surface area (Å²) in [7, 11) is 0. The Morgan fingerprint density at radius 2 is 1.83 bits per heavy atom. The summed E-state index contributed by atoms with van der Waals surface area (Å²) in [4.78, 5) is 0. The fourth-order valence-corrected chi connectivity index (χ4v) is 4.37. The van der Waals surface area contributed by atoms with E-state index in [2.05, 4.69) is 31.2 Å². The van der Waals surface area contributed by atoms with E-state index < -0.39 is 0 Å². The van der Waals surface area contributed by atoms with Crippen molar-refractivity contribution in [3.05, 3.63) is 35.4 Å². The van der Waals surface area contributed by atoms with Crippen LogP contribution < -0.4 is 5.73 Å². The van der Waals surface area contributed by atoms with Gasteiger partial charge in [0, 0.05) is 5.54 Å². The first-order valence-electron chi connectivity index (χ1n) is 9.28. The standard InChI is InChI=1S/C20H32INO/c1-2-3-4-5-6-7-8-17-9-11-18(12-10-17)19-13-14-20(22,15-19)16-23-21/h9-12,19H,2-8,13-16,22H2,1H3/t19-,20+/m1/s1. The highest BCUT2D eigenvalue weighted by atomic mass is 127. The Kier molecular flexibility index (Phi) is 8.34. The van der Waals surface area contributed by atoms with Gasteiger partial charge in [0.25, 0.3) is 0 Å². The van der Waals surface area contributed by atoms with Crippen LogP contribution in [0.4, 0.5) is 0 Å². The molecule has 0 amide bonds. The zero-order valence-electron chi connectivity index (χ0n) is 14.5. The van der Waals surface area contributed by atoms with Crippen molar-refractivity contribution >= 4 is 23.0 Å². The van der Waals surface area contributed by atoms with Gasteiger partial charge in [-0.2, -0.15) is 0 Å². The van der Waals surface area contributed by atoms with Gasteiger partial charge in [0.1, 0.15) is 23.0 Å². The molecule has 0 saturated heterocycles. The number of rotatable bonds is 10. The summed E-state index contributed by atoms with van der Waals surface area (Å²) in [6.45, 7) is 2.94. The van der Waals surface area contributed by atoms with Crippen molar-refractivity contribution in [1.82, 2.24) is 0 Å². The fraction of sp³-hybridized carbons (Fsp3) is 0.700. The topological polar surface area (TPSA) is 35.2 Å². The minimum Gasteiger partial charge on any atom is -0.323 e. The third kappa shape index (κ3) is 6.35. The molecule has 1 aliphatic carbocycles. The molecule has 1 aromatic rings. The molecule has 0 aromatic heterocycles. The summed E-state index contributed by atoms with van der Waals surface area (Å²) in [6.07, 6.45) is 12.7. The molecule has 130 valence electrons. The molecule has 2 rings (SSSR count). The van der Waals surface area contributed by atoms with E-state index in [0.717, 1.165) is 12.8 Å². The number of unbranched alkanes of at least 4 members (excludes halogenated alkanes) is 5. The lowest BCUT2D eigenvalue weighted by molar-refractivity contribution is 0.278. The first-order chi connectivity index (χ1) is 11.2. The number of benzene rings is 1. The van der Waals surface area contributed by atoms with Gasteiger partial charge in [-0.3, -0.25) is 0 Å². The van der Waals surface area contributed by atoms with Crippen molar-refractivity contribution in [3.63, 3.8) is 0 Å². The first-order valence-corrected chi connectivity index (χ1v) is 10.2. The maximum Gasteiger partial charge on any atom is 0.109 e. The lowest BCUT2D eigenvalue weighted by Gasteiger charge is -2.22. The molecular weight excluding hydrogens is 397 g/mol. The van der Waals surface area contributed by atoms with Crippen molar-refractivity contribution in [1.29, 1.82) is 0 Å². The summed E-state index contributed by atoms with van der Waals surface area (Å²) in [5, 5.41) is 0. The quantitative estimate of drug-likeness (QED) is 0.370. The van der Waals surface area contributed by atoms with E-state index in [1.807, 2.05) is 23.0 Å². The van der Waals surface area contributed by atoms with Crippen LogP contribution in [-0.2, 0) is 9.49 Å². The summed E-state index contributed by atoms with van der Waals surface area (Å²) >= 11 is 1.96. The summed E-state index contributed by atoms with van der Waals surface area (Å²) in [5.74, 6) is 0.606. The molecule has 0 bridgehead atoms. The van der Waals surface area contributed by atoms with Crippen LogP contribution >= 0.6 is 23.0 Å². The minimum atomic E-state index is -0.122. The predicted octanol–water partition coefficient (Wildman–Crippen LogP) is 5.92. The molecule has 0 heterocycles. The molecular formula is C20H32INO. The van der Waals surface area contributed by atoms with E-state index in [9.17, 15) is 0 Å². The molecule has 0 aliphatic heterocycles. The SMILES string of the molecule is CCCCCCCCc1ccc([C@@H]2CC[C@@](N)(COI)C2)cc1. The number of hydrogen-bond donors (Lipinski definition) is 1. The van der Waals surface area contributed by atoms with Crippen molar-refractivity contribution in [2.45, 2.75) is 82.6 Å². The molecule has 1 saturated carbocycles. The zero-order chi connectivity index (χ0) is 16.5. The van der Waals surface area contributed by atoms with E-state index >= 15 is 0 Å². The van der Waals surface area contributed by atoms with Gasteiger partial charge in [-0.1, -0.05) is 63.3 Å². The van der Waals surface area contributed by atoms with Crippen LogP contribution in [0.1, 0.15) is 81.8 Å². The fourth-order valence-electron chi connectivity index (χ4n) is 3.75. The van der Waals surface area contributed by atoms with Gasteiger partial charge < -0.3 is 8.80 Å². The summed E-state index contributed by atoms with van der Waals surface area (Å²) in [6, 6.07) is 9.31. The van der Waals surface area contributed by atoms with Crippen LogP contribution in [0.2, 0.25) is 0 Å². The number of nitrogens with two attached hydrogens (primary N) is 1. The average Bonchev–Trinajstić information content (AvgIpc) is 2.94. The number of aryl methyl sites for hydroxylation is 1. The lowest BCUT2D eigenvalue weighted by Crippen LogP contribution is -2.40. The monoisotopic (exact) mass is 429 g/mol. The van der Waals surface area contributed by atoms with Gasteiger partial charge in [-0.05, 0) is 49.1 Å². The molecule has 1 aliphatic rings. The van der Waals surface area contributed by atoms with E-state index in [-0.39, 0.29) is 5.54 Å². The van der Waals surface area contributed by atoms with Crippen LogP contribution in [0.5, 0.6) is 0 Å². The molecule has 1 fully saturated rings. The average molecular weight is 429 g/mol. The molecule has 2 N–H and O–H groups in total. The lowest BCUT2D eigenvalue weighted by atomic mass is 9.92. The second-order valence-corrected chi connectivity index (χ2v) is 7.94. The second-order valence-electron chi connectivity index (χ2n) is 7.31.